The Kier molecular flexibility index (Phi) is 4.92. The lowest BCUT2D eigenvalue weighted by Gasteiger charge is -2.22. The Morgan fingerprint density at radius 1 is 1.50 bits per heavy atom. The van der Waals surface area contributed by atoms with Crippen molar-refractivity contribution in [2.75, 3.05) is 25.5 Å². The first-order valence-corrected chi connectivity index (χ1v) is 6.85. The van der Waals surface area contributed by atoms with E-state index in [0.717, 1.165) is 19.4 Å². The van der Waals surface area contributed by atoms with Gasteiger partial charge in [0.05, 0.1) is 17.6 Å². The number of halogens is 1. The largest absolute Gasteiger partial charge is 0.358 e. The Hall–Kier alpha value is -1.66. The molecule has 0 radical (unpaired) electrons. The average Bonchev–Trinajstić information content (AvgIpc) is 2.88. The number of anilines is 1. The molecule has 1 aliphatic rings. The van der Waals surface area contributed by atoms with Gasteiger partial charge in [-0.25, -0.2) is 4.98 Å². The van der Waals surface area contributed by atoms with Crippen LogP contribution in [0.15, 0.2) is 18.3 Å². The number of rotatable bonds is 4. The molecule has 1 unspecified atom stereocenters. The van der Waals surface area contributed by atoms with E-state index in [-0.39, 0.29) is 24.4 Å². The highest BCUT2D eigenvalue weighted by Gasteiger charge is 2.31. The minimum absolute atomic E-state index is 0.0417. The summed E-state index contributed by atoms with van der Waals surface area (Å²) in [6, 6.07) is 3.08. The number of aromatic nitrogens is 1. The molecule has 2 N–H and O–H groups in total. The molecule has 20 heavy (non-hydrogen) atoms. The van der Waals surface area contributed by atoms with Gasteiger partial charge in [-0.1, -0.05) is 11.6 Å². The van der Waals surface area contributed by atoms with Crippen molar-refractivity contribution in [3.05, 3.63) is 23.4 Å². The van der Waals surface area contributed by atoms with Gasteiger partial charge in [0.15, 0.2) is 0 Å². The molecule has 2 amide bonds. The fourth-order valence-electron chi connectivity index (χ4n) is 2.30. The normalized spacial score (nSPS) is 18.8. The van der Waals surface area contributed by atoms with E-state index in [1.165, 1.54) is 6.20 Å². The molecular formula is C13H17ClN4O2. The van der Waals surface area contributed by atoms with Crippen molar-refractivity contribution in [3.8, 4) is 0 Å². The van der Waals surface area contributed by atoms with Gasteiger partial charge >= 0.3 is 0 Å². The predicted octanol–water partition coefficient (Wildman–Crippen LogP) is 0.884. The molecule has 108 valence electrons. The number of hydrogen-bond acceptors (Lipinski definition) is 4. The number of likely N-dealkylation sites (tertiary alicyclic amines) is 1. The molecule has 0 bridgehead atoms. The van der Waals surface area contributed by atoms with Gasteiger partial charge in [0, 0.05) is 13.2 Å². The molecule has 2 heterocycles. The molecule has 1 aliphatic heterocycles. The molecule has 1 fully saturated rings. The zero-order valence-electron chi connectivity index (χ0n) is 11.2. The van der Waals surface area contributed by atoms with E-state index >= 15 is 0 Å². The van der Waals surface area contributed by atoms with Gasteiger partial charge in [0.25, 0.3) is 0 Å². The smallest absolute Gasteiger partial charge is 0.239 e. The molecule has 0 aliphatic carbocycles. The monoisotopic (exact) mass is 296 g/mol. The molecule has 0 saturated carbocycles. The van der Waals surface area contributed by atoms with Crippen LogP contribution in [0.3, 0.4) is 0 Å². The van der Waals surface area contributed by atoms with Crippen LogP contribution in [-0.4, -0.2) is 47.9 Å². The van der Waals surface area contributed by atoms with E-state index in [0.29, 0.717) is 10.8 Å². The lowest BCUT2D eigenvalue weighted by atomic mass is 10.2. The highest BCUT2D eigenvalue weighted by Crippen LogP contribution is 2.17. The third kappa shape index (κ3) is 3.68. The first-order chi connectivity index (χ1) is 9.60. The minimum atomic E-state index is -0.219. The highest BCUT2D eigenvalue weighted by atomic mass is 35.5. The molecule has 1 aromatic rings. The summed E-state index contributed by atoms with van der Waals surface area (Å²) in [5.74, 6) is 0.227. The third-order valence-corrected chi connectivity index (χ3v) is 3.48. The zero-order chi connectivity index (χ0) is 14.5. The molecular weight excluding hydrogens is 280 g/mol. The van der Waals surface area contributed by atoms with Crippen LogP contribution in [0.5, 0.6) is 0 Å². The average molecular weight is 297 g/mol. The minimum Gasteiger partial charge on any atom is -0.358 e. The summed E-state index contributed by atoms with van der Waals surface area (Å²) in [5.41, 5.74) is 0. The van der Waals surface area contributed by atoms with Crippen LogP contribution in [0.25, 0.3) is 0 Å². The SMILES string of the molecule is CNC(=O)C1CCCN1CC(=O)Nc1ccc(Cl)cn1. The summed E-state index contributed by atoms with van der Waals surface area (Å²) in [4.78, 5) is 29.5. The van der Waals surface area contributed by atoms with E-state index < -0.39 is 0 Å². The molecule has 2 rings (SSSR count). The van der Waals surface area contributed by atoms with E-state index in [1.54, 1.807) is 19.2 Å². The molecule has 1 aromatic heterocycles. The summed E-state index contributed by atoms with van der Waals surface area (Å²) >= 11 is 5.73. The first kappa shape index (κ1) is 14.7. The number of pyridine rings is 1. The number of amides is 2. The maximum atomic E-state index is 12.0. The second-order valence-corrected chi connectivity index (χ2v) is 5.09. The van der Waals surface area contributed by atoms with Crippen LogP contribution in [0.4, 0.5) is 5.82 Å². The summed E-state index contributed by atoms with van der Waals surface area (Å²) in [6.45, 7) is 0.932. The standard InChI is InChI=1S/C13H17ClN4O2/c1-15-13(20)10-3-2-6-18(10)8-12(19)17-11-5-4-9(14)7-16-11/h4-5,7,10H,2-3,6,8H2,1H3,(H,15,20)(H,16,17,19). The van der Waals surface area contributed by atoms with Gasteiger partial charge < -0.3 is 10.6 Å². The van der Waals surface area contributed by atoms with Crippen molar-refractivity contribution in [3.63, 3.8) is 0 Å². The van der Waals surface area contributed by atoms with Gasteiger partial charge in [-0.3, -0.25) is 14.5 Å². The number of hydrogen-bond donors (Lipinski definition) is 2. The molecule has 0 aromatic carbocycles. The lowest BCUT2D eigenvalue weighted by Crippen LogP contribution is -2.45. The Balaban J connectivity index is 1.90. The zero-order valence-corrected chi connectivity index (χ0v) is 12.0. The van der Waals surface area contributed by atoms with Crippen LogP contribution in [0.2, 0.25) is 5.02 Å². The summed E-state index contributed by atoms with van der Waals surface area (Å²) in [7, 11) is 1.61. The van der Waals surface area contributed by atoms with Gasteiger partial charge in [-0.2, -0.15) is 0 Å². The second-order valence-electron chi connectivity index (χ2n) is 4.65. The van der Waals surface area contributed by atoms with Gasteiger partial charge in [0.2, 0.25) is 11.8 Å². The Morgan fingerprint density at radius 2 is 2.30 bits per heavy atom. The van der Waals surface area contributed by atoms with E-state index in [2.05, 4.69) is 15.6 Å². The van der Waals surface area contributed by atoms with E-state index in [9.17, 15) is 9.59 Å². The molecule has 0 spiro atoms. The van der Waals surface area contributed by atoms with Crippen LogP contribution in [0.1, 0.15) is 12.8 Å². The highest BCUT2D eigenvalue weighted by molar-refractivity contribution is 6.30. The maximum Gasteiger partial charge on any atom is 0.239 e. The number of carbonyl (C=O) groups is 2. The Labute approximate surface area is 122 Å². The molecule has 7 heteroatoms. The van der Waals surface area contributed by atoms with Gasteiger partial charge in [0.1, 0.15) is 5.82 Å². The van der Waals surface area contributed by atoms with E-state index in [1.807, 2.05) is 4.90 Å². The lowest BCUT2D eigenvalue weighted by molar-refractivity contribution is -0.126. The Morgan fingerprint density at radius 3 is 2.95 bits per heavy atom. The number of nitrogens with zero attached hydrogens (tertiary/aromatic N) is 2. The van der Waals surface area contributed by atoms with Crippen molar-refractivity contribution < 1.29 is 9.59 Å². The van der Waals surface area contributed by atoms with Crippen molar-refractivity contribution in [1.29, 1.82) is 0 Å². The van der Waals surface area contributed by atoms with Crippen molar-refractivity contribution in [2.24, 2.45) is 0 Å². The van der Waals surface area contributed by atoms with Gasteiger partial charge in [-0.15, -0.1) is 0 Å². The third-order valence-electron chi connectivity index (χ3n) is 3.25. The number of likely N-dealkylation sites (N-methyl/N-ethyl adjacent to an activating group) is 1. The Bertz CT molecular complexity index is 492. The summed E-state index contributed by atoms with van der Waals surface area (Å²) in [5, 5.41) is 5.83. The van der Waals surface area contributed by atoms with Gasteiger partial charge in [-0.05, 0) is 31.5 Å². The van der Waals surface area contributed by atoms with Crippen molar-refractivity contribution in [1.82, 2.24) is 15.2 Å². The quantitative estimate of drug-likeness (QED) is 0.865. The predicted molar refractivity (Wildman–Crippen MR) is 76.5 cm³/mol. The topological polar surface area (TPSA) is 74.3 Å². The fraction of sp³-hybridized carbons (Fsp3) is 0.462. The van der Waals surface area contributed by atoms with Crippen LogP contribution < -0.4 is 10.6 Å². The van der Waals surface area contributed by atoms with Crippen LogP contribution >= 0.6 is 11.6 Å². The van der Waals surface area contributed by atoms with Crippen molar-refractivity contribution >= 4 is 29.2 Å². The number of nitrogens with one attached hydrogen (secondary N) is 2. The van der Waals surface area contributed by atoms with Crippen molar-refractivity contribution in [2.45, 2.75) is 18.9 Å². The second kappa shape index (κ2) is 6.67. The first-order valence-electron chi connectivity index (χ1n) is 6.47. The maximum absolute atomic E-state index is 12.0. The summed E-state index contributed by atoms with van der Waals surface area (Å²) in [6.07, 6.45) is 3.18. The van der Waals surface area contributed by atoms with Crippen LogP contribution in [0, 0.1) is 0 Å². The summed E-state index contributed by atoms with van der Waals surface area (Å²) < 4.78 is 0. The number of carbonyl (C=O) groups excluding carboxylic acids is 2. The van der Waals surface area contributed by atoms with Crippen LogP contribution in [-0.2, 0) is 9.59 Å². The molecule has 1 saturated heterocycles. The molecule has 1 atom stereocenters. The fourth-order valence-corrected chi connectivity index (χ4v) is 2.41. The van der Waals surface area contributed by atoms with E-state index in [4.69, 9.17) is 11.6 Å². The molecule has 6 nitrogen and oxygen atoms in total.